The van der Waals surface area contributed by atoms with Crippen molar-refractivity contribution in [3.05, 3.63) is 31.5 Å². The minimum Gasteiger partial charge on any atom is -0.506 e. The minimum absolute atomic E-state index is 0.0319. The van der Waals surface area contributed by atoms with Crippen LogP contribution >= 0.6 is 43.6 Å². The number of nitrogens with zero attached hydrogens (tertiary/aromatic N) is 1. The van der Waals surface area contributed by atoms with Gasteiger partial charge in [-0.15, -0.1) is 0 Å². The third kappa shape index (κ3) is 4.14. The Morgan fingerprint density at radius 2 is 1.80 bits per heavy atom. The van der Waals surface area contributed by atoms with Gasteiger partial charge in [-0.05, 0) is 85.7 Å². The number of halogens is 2. The molecular formula is C18H19Br2NO3S. The normalized spacial score (nSPS) is 22.0. The van der Waals surface area contributed by atoms with Gasteiger partial charge in [-0.2, -0.15) is 0 Å². The highest BCUT2D eigenvalue weighted by molar-refractivity contribution is 9.11. The number of hydrogen-bond donors (Lipinski definition) is 1. The van der Waals surface area contributed by atoms with E-state index in [1.54, 1.807) is 18.2 Å². The van der Waals surface area contributed by atoms with Crippen LogP contribution < -0.4 is 0 Å². The van der Waals surface area contributed by atoms with Crippen LogP contribution in [0.25, 0.3) is 6.08 Å². The summed E-state index contributed by atoms with van der Waals surface area (Å²) in [7, 11) is 0. The van der Waals surface area contributed by atoms with Crippen molar-refractivity contribution in [3.8, 4) is 5.75 Å². The van der Waals surface area contributed by atoms with Crippen molar-refractivity contribution in [1.82, 2.24) is 4.90 Å². The molecule has 2 fully saturated rings. The van der Waals surface area contributed by atoms with E-state index in [9.17, 15) is 14.7 Å². The second-order valence-corrected chi connectivity index (χ2v) is 9.67. The summed E-state index contributed by atoms with van der Waals surface area (Å²) in [5.41, 5.74) is 0.774. The molecule has 1 heterocycles. The third-order valence-electron chi connectivity index (χ3n) is 4.81. The summed E-state index contributed by atoms with van der Waals surface area (Å²) in [6, 6.07) is 3.44. The summed E-state index contributed by atoms with van der Waals surface area (Å²) >= 11 is 7.54. The average Bonchev–Trinajstić information content (AvgIpc) is 2.80. The number of imide groups is 1. The van der Waals surface area contributed by atoms with Crippen LogP contribution in [0, 0.1) is 5.41 Å². The zero-order valence-corrected chi connectivity index (χ0v) is 17.8. The Balaban J connectivity index is 1.81. The molecule has 7 heteroatoms. The van der Waals surface area contributed by atoms with Crippen molar-refractivity contribution in [1.29, 1.82) is 0 Å². The number of carbonyl (C=O) groups excluding carboxylic acids is 2. The zero-order valence-electron chi connectivity index (χ0n) is 13.8. The van der Waals surface area contributed by atoms with Crippen LogP contribution in [0.3, 0.4) is 0 Å². The molecule has 2 amide bonds. The zero-order chi connectivity index (χ0) is 18.2. The molecule has 0 radical (unpaired) electrons. The molecule has 1 saturated heterocycles. The van der Waals surface area contributed by atoms with Crippen LogP contribution in [0.15, 0.2) is 26.0 Å². The fourth-order valence-electron chi connectivity index (χ4n) is 3.40. The van der Waals surface area contributed by atoms with E-state index < -0.39 is 0 Å². The van der Waals surface area contributed by atoms with Gasteiger partial charge in [0.15, 0.2) is 0 Å². The van der Waals surface area contributed by atoms with Gasteiger partial charge in [0.1, 0.15) is 5.75 Å². The van der Waals surface area contributed by atoms with Crippen LogP contribution in [0.2, 0.25) is 0 Å². The molecule has 3 rings (SSSR count). The molecular weight excluding hydrogens is 470 g/mol. The second kappa shape index (κ2) is 7.45. The lowest BCUT2D eigenvalue weighted by molar-refractivity contribution is -0.124. The van der Waals surface area contributed by atoms with Crippen molar-refractivity contribution in [2.24, 2.45) is 5.41 Å². The number of hydrogen-bond acceptors (Lipinski definition) is 4. The van der Waals surface area contributed by atoms with Gasteiger partial charge in [0.05, 0.1) is 13.9 Å². The summed E-state index contributed by atoms with van der Waals surface area (Å²) in [4.78, 5) is 26.9. The fourth-order valence-corrected chi connectivity index (χ4v) is 5.46. The molecule has 4 nitrogen and oxygen atoms in total. The number of aromatic hydroxyl groups is 1. The largest absolute Gasteiger partial charge is 0.506 e. The number of phenolic OH excluding ortho intramolecular Hbond substituents is 1. The monoisotopic (exact) mass is 487 g/mol. The fraction of sp³-hybridized carbons (Fsp3) is 0.444. The van der Waals surface area contributed by atoms with E-state index in [2.05, 4.69) is 38.8 Å². The molecule has 2 aliphatic rings. The van der Waals surface area contributed by atoms with Crippen LogP contribution in [0.4, 0.5) is 4.79 Å². The van der Waals surface area contributed by atoms with Crippen molar-refractivity contribution < 1.29 is 14.7 Å². The van der Waals surface area contributed by atoms with Crippen molar-refractivity contribution in [3.63, 3.8) is 0 Å². The van der Waals surface area contributed by atoms with Gasteiger partial charge >= 0.3 is 0 Å². The lowest BCUT2D eigenvalue weighted by Crippen LogP contribution is -2.39. The molecule has 134 valence electrons. The van der Waals surface area contributed by atoms with E-state index in [-0.39, 0.29) is 22.3 Å². The summed E-state index contributed by atoms with van der Waals surface area (Å²) in [5.74, 6) is -0.113. The SMILES string of the molecule is CC1(CN2C(=O)SC(=Cc3cc(Br)c(O)c(Br)c3)C2=O)CCCCC1. The number of benzene rings is 1. The third-order valence-corrected chi connectivity index (χ3v) is 6.93. The highest BCUT2D eigenvalue weighted by atomic mass is 79.9. The molecule has 1 aromatic rings. The molecule has 0 aromatic heterocycles. The topological polar surface area (TPSA) is 57.6 Å². The number of amides is 2. The van der Waals surface area contributed by atoms with E-state index in [0.29, 0.717) is 20.4 Å². The lowest BCUT2D eigenvalue weighted by Gasteiger charge is -2.35. The highest BCUT2D eigenvalue weighted by Gasteiger charge is 2.40. The molecule has 1 aliphatic heterocycles. The summed E-state index contributed by atoms with van der Waals surface area (Å²) in [5, 5.41) is 9.60. The van der Waals surface area contributed by atoms with Crippen LogP contribution in [-0.4, -0.2) is 27.7 Å². The quantitative estimate of drug-likeness (QED) is 0.536. The maximum Gasteiger partial charge on any atom is 0.293 e. The Bertz CT molecular complexity index is 734. The minimum atomic E-state index is -0.220. The standard InChI is InChI=1S/C18H19Br2NO3S/c1-18(5-3-2-4-6-18)10-21-16(23)14(25-17(21)24)9-11-7-12(19)15(22)13(20)8-11/h7-9,22H,2-6,10H2,1H3. The van der Waals surface area contributed by atoms with E-state index in [0.717, 1.165) is 43.0 Å². The van der Waals surface area contributed by atoms with Gasteiger partial charge in [-0.3, -0.25) is 14.5 Å². The molecule has 1 N–H and O–H groups in total. The van der Waals surface area contributed by atoms with Gasteiger partial charge in [-0.1, -0.05) is 26.2 Å². The molecule has 0 unspecified atom stereocenters. The lowest BCUT2D eigenvalue weighted by atomic mass is 9.75. The second-order valence-electron chi connectivity index (χ2n) is 6.97. The first-order valence-electron chi connectivity index (χ1n) is 8.22. The van der Waals surface area contributed by atoms with E-state index in [1.165, 1.54) is 11.3 Å². The first-order chi connectivity index (χ1) is 11.8. The summed E-state index contributed by atoms with van der Waals surface area (Å²) < 4.78 is 1.06. The maximum absolute atomic E-state index is 12.7. The first kappa shape index (κ1) is 19.0. The van der Waals surface area contributed by atoms with E-state index >= 15 is 0 Å². The number of carbonyl (C=O) groups is 2. The number of rotatable bonds is 3. The Kier molecular flexibility index (Phi) is 5.66. The van der Waals surface area contributed by atoms with Crippen molar-refractivity contribution >= 4 is 60.8 Å². The molecule has 25 heavy (non-hydrogen) atoms. The van der Waals surface area contributed by atoms with Gasteiger partial charge in [0.2, 0.25) is 0 Å². The predicted octanol–water partition coefficient (Wildman–Crippen LogP) is 5.92. The summed E-state index contributed by atoms with van der Waals surface area (Å²) in [6.07, 6.45) is 7.39. The Morgan fingerprint density at radius 1 is 1.20 bits per heavy atom. The van der Waals surface area contributed by atoms with Crippen LogP contribution in [0.1, 0.15) is 44.6 Å². The molecule has 0 atom stereocenters. The smallest absolute Gasteiger partial charge is 0.293 e. The van der Waals surface area contributed by atoms with Gasteiger partial charge in [-0.25, -0.2) is 0 Å². The summed E-state index contributed by atoms with van der Waals surface area (Å²) in [6.45, 7) is 2.67. The van der Waals surface area contributed by atoms with Gasteiger partial charge < -0.3 is 5.11 Å². The Morgan fingerprint density at radius 3 is 2.40 bits per heavy atom. The van der Waals surface area contributed by atoms with Crippen LogP contribution in [0.5, 0.6) is 5.75 Å². The Labute approximate surface area is 168 Å². The molecule has 0 spiro atoms. The van der Waals surface area contributed by atoms with E-state index in [1.807, 2.05) is 0 Å². The molecule has 0 bridgehead atoms. The van der Waals surface area contributed by atoms with Gasteiger partial charge in [0.25, 0.3) is 11.1 Å². The molecule has 1 saturated carbocycles. The molecule has 1 aliphatic carbocycles. The van der Waals surface area contributed by atoms with Crippen LogP contribution in [-0.2, 0) is 4.79 Å². The predicted molar refractivity (Wildman–Crippen MR) is 107 cm³/mol. The first-order valence-corrected chi connectivity index (χ1v) is 10.6. The van der Waals surface area contributed by atoms with Gasteiger partial charge in [0, 0.05) is 6.54 Å². The highest BCUT2D eigenvalue weighted by Crippen LogP contribution is 2.41. The maximum atomic E-state index is 12.7. The number of phenols is 1. The van der Waals surface area contributed by atoms with E-state index in [4.69, 9.17) is 0 Å². The average molecular weight is 489 g/mol. The Hall–Kier alpha value is -0.790. The molecule has 1 aromatic carbocycles. The number of thioether (sulfide) groups is 1. The van der Waals surface area contributed by atoms with Crippen molar-refractivity contribution in [2.45, 2.75) is 39.0 Å². The van der Waals surface area contributed by atoms with Crippen molar-refractivity contribution in [2.75, 3.05) is 6.54 Å².